The Balaban J connectivity index is 1.29. The van der Waals surface area contributed by atoms with E-state index in [0.717, 1.165) is 73.6 Å². The number of ether oxygens (including phenoxy) is 1. The lowest BCUT2D eigenvalue weighted by atomic mass is 9.99. The topological polar surface area (TPSA) is 53.5 Å². The fourth-order valence-corrected chi connectivity index (χ4v) is 6.09. The molecule has 10 heteroatoms. The Labute approximate surface area is 238 Å². The van der Waals surface area contributed by atoms with Gasteiger partial charge in [-0.25, -0.2) is 0 Å². The summed E-state index contributed by atoms with van der Waals surface area (Å²) in [6.45, 7) is 2.96. The summed E-state index contributed by atoms with van der Waals surface area (Å²) in [7, 11) is 1.86. The molecular formula is C30H36F3N5OS. The molecule has 0 radical (unpaired) electrons. The number of piperidine rings is 1. The molecule has 3 heterocycles. The minimum absolute atomic E-state index is 0.282. The third-order valence-electron chi connectivity index (χ3n) is 7.55. The summed E-state index contributed by atoms with van der Waals surface area (Å²) in [6.07, 6.45) is -0.167. The van der Waals surface area contributed by atoms with Gasteiger partial charge in [0.25, 0.3) is 0 Å². The number of nitrogens with zero attached hydrogens (tertiary/aromatic N) is 2. The number of hydrogen-bond acceptors (Lipinski definition) is 6. The molecule has 0 atom stereocenters. The SMILES string of the molecule is CNSc1ccc(NCC#Cc2cc3c(NC4CCN(C5CCOCC5)CC4)cccc3n2CC(F)(F)F)cc1. The number of nitrogens with one attached hydrogen (secondary N) is 3. The second-order valence-corrected chi connectivity index (χ2v) is 11.3. The van der Waals surface area contributed by atoms with Crippen LogP contribution in [-0.4, -0.2) is 67.6 Å². The van der Waals surface area contributed by atoms with Gasteiger partial charge < -0.3 is 24.8 Å². The molecule has 1 aromatic heterocycles. The van der Waals surface area contributed by atoms with E-state index in [0.29, 0.717) is 23.8 Å². The smallest absolute Gasteiger partial charge is 0.382 e. The standard InChI is InChI=1S/C30H36F3N5OS/c1-34-40-26-9-7-22(8-10-26)35-15-3-4-25-20-27-28(5-2-6-29(27)38(25)21-30(31,32)33)36-23-11-16-37(17-12-23)24-13-18-39-19-14-24/h2,5-10,20,23-24,34-36H,11-19,21H2,1H3. The summed E-state index contributed by atoms with van der Waals surface area (Å²) in [5.74, 6) is 6.00. The number of likely N-dealkylation sites (tertiary alicyclic amines) is 1. The molecule has 2 aromatic carbocycles. The van der Waals surface area contributed by atoms with Gasteiger partial charge in [-0.05, 0) is 93.1 Å². The summed E-state index contributed by atoms with van der Waals surface area (Å²) in [5, 5.41) is 7.63. The van der Waals surface area contributed by atoms with Gasteiger partial charge in [0.2, 0.25) is 0 Å². The maximum Gasteiger partial charge on any atom is 0.406 e. The van der Waals surface area contributed by atoms with Gasteiger partial charge in [0.1, 0.15) is 6.54 Å². The van der Waals surface area contributed by atoms with Gasteiger partial charge in [-0.2, -0.15) is 13.2 Å². The molecular weight excluding hydrogens is 535 g/mol. The molecule has 40 heavy (non-hydrogen) atoms. The first kappa shape index (κ1) is 28.7. The fraction of sp³-hybridized carbons (Fsp3) is 0.467. The van der Waals surface area contributed by atoms with Crippen molar-refractivity contribution in [1.29, 1.82) is 0 Å². The number of rotatable bonds is 8. The number of halogens is 3. The number of benzene rings is 2. The van der Waals surface area contributed by atoms with E-state index in [9.17, 15) is 13.2 Å². The van der Waals surface area contributed by atoms with Crippen molar-refractivity contribution in [3.8, 4) is 11.8 Å². The van der Waals surface area contributed by atoms with Crippen molar-refractivity contribution in [2.24, 2.45) is 0 Å². The van der Waals surface area contributed by atoms with Crippen LogP contribution in [0.5, 0.6) is 0 Å². The lowest BCUT2D eigenvalue weighted by molar-refractivity contribution is -0.140. The molecule has 0 unspecified atom stereocenters. The first-order chi connectivity index (χ1) is 19.4. The summed E-state index contributed by atoms with van der Waals surface area (Å²) < 4.78 is 50.5. The van der Waals surface area contributed by atoms with Crippen LogP contribution < -0.4 is 15.4 Å². The lowest BCUT2D eigenvalue weighted by Gasteiger charge is -2.39. The van der Waals surface area contributed by atoms with Gasteiger partial charge >= 0.3 is 6.18 Å². The molecule has 2 saturated heterocycles. The summed E-state index contributed by atoms with van der Waals surface area (Å²) in [4.78, 5) is 3.66. The normalized spacial score (nSPS) is 17.5. The van der Waals surface area contributed by atoms with Crippen molar-refractivity contribution in [3.63, 3.8) is 0 Å². The van der Waals surface area contributed by atoms with Crippen LogP contribution in [0.2, 0.25) is 0 Å². The fourth-order valence-electron chi connectivity index (χ4n) is 5.58. The minimum Gasteiger partial charge on any atom is -0.382 e. The van der Waals surface area contributed by atoms with Crippen LogP contribution in [0.15, 0.2) is 53.4 Å². The quantitative estimate of drug-likeness (QED) is 0.230. The van der Waals surface area contributed by atoms with Crippen LogP contribution in [0, 0.1) is 11.8 Å². The van der Waals surface area contributed by atoms with Gasteiger partial charge in [-0.3, -0.25) is 4.72 Å². The van der Waals surface area contributed by atoms with Crippen molar-refractivity contribution in [2.75, 3.05) is 50.5 Å². The third kappa shape index (κ3) is 7.46. The molecule has 6 nitrogen and oxygen atoms in total. The van der Waals surface area contributed by atoms with Crippen LogP contribution in [0.3, 0.4) is 0 Å². The Morgan fingerprint density at radius 3 is 2.48 bits per heavy atom. The highest BCUT2D eigenvalue weighted by Crippen LogP contribution is 2.32. The molecule has 214 valence electrons. The average Bonchev–Trinajstić information content (AvgIpc) is 3.29. The monoisotopic (exact) mass is 571 g/mol. The highest BCUT2D eigenvalue weighted by molar-refractivity contribution is 7.97. The predicted octanol–water partition coefficient (Wildman–Crippen LogP) is 5.95. The van der Waals surface area contributed by atoms with Gasteiger partial charge in [0.05, 0.1) is 17.8 Å². The van der Waals surface area contributed by atoms with Gasteiger partial charge in [0.15, 0.2) is 0 Å². The molecule has 0 spiro atoms. The van der Waals surface area contributed by atoms with E-state index in [2.05, 4.69) is 32.1 Å². The molecule has 2 fully saturated rings. The first-order valence-electron chi connectivity index (χ1n) is 13.8. The maximum atomic E-state index is 13.6. The number of alkyl halides is 3. The van der Waals surface area contributed by atoms with Crippen molar-refractivity contribution >= 4 is 34.2 Å². The van der Waals surface area contributed by atoms with Gasteiger partial charge in [-0.15, -0.1) is 0 Å². The number of aromatic nitrogens is 1. The molecule has 0 bridgehead atoms. The molecule has 0 aliphatic carbocycles. The van der Waals surface area contributed by atoms with Crippen molar-refractivity contribution < 1.29 is 17.9 Å². The van der Waals surface area contributed by atoms with E-state index in [4.69, 9.17) is 4.74 Å². The Kier molecular flexibility index (Phi) is 9.48. The van der Waals surface area contributed by atoms with Gasteiger partial charge in [0, 0.05) is 60.0 Å². The molecule has 3 aromatic rings. The molecule has 2 aliphatic heterocycles. The molecule has 0 amide bonds. The van der Waals surface area contributed by atoms with Crippen LogP contribution in [0.25, 0.3) is 10.9 Å². The van der Waals surface area contributed by atoms with E-state index < -0.39 is 12.7 Å². The first-order valence-corrected chi connectivity index (χ1v) is 14.6. The number of fused-ring (bicyclic) bond motifs is 1. The van der Waals surface area contributed by atoms with E-state index in [1.54, 1.807) is 12.1 Å². The van der Waals surface area contributed by atoms with E-state index in [1.165, 1.54) is 16.5 Å². The van der Waals surface area contributed by atoms with Crippen molar-refractivity contribution in [2.45, 2.75) is 55.4 Å². The van der Waals surface area contributed by atoms with Crippen LogP contribution >= 0.6 is 11.9 Å². The van der Waals surface area contributed by atoms with Crippen LogP contribution in [0.1, 0.15) is 31.4 Å². The van der Waals surface area contributed by atoms with E-state index in [-0.39, 0.29) is 6.04 Å². The van der Waals surface area contributed by atoms with Crippen molar-refractivity contribution in [3.05, 3.63) is 54.2 Å². The number of hydrogen-bond donors (Lipinski definition) is 3. The maximum absolute atomic E-state index is 13.6. The highest BCUT2D eigenvalue weighted by Gasteiger charge is 2.30. The molecule has 0 saturated carbocycles. The minimum atomic E-state index is -4.35. The van der Waals surface area contributed by atoms with Crippen molar-refractivity contribution in [1.82, 2.24) is 14.2 Å². The second kappa shape index (κ2) is 13.2. The molecule has 3 N–H and O–H groups in total. The summed E-state index contributed by atoms with van der Waals surface area (Å²) in [6, 6.07) is 16.1. The summed E-state index contributed by atoms with van der Waals surface area (Å²) >= 11 is 1.52. The Morgan fingerprint density at radius 2 is 1.77 bits per heavy atom. The predicted molar refractivity (Wildman–Crippen MR) is 157 cm³/mol. The Hall–Kier alpha value is -2.84. The van der Waals surface area contributed by atoms with E-state index in [1.807, 2.05) is 43.4 Å². The summed E-state index contributed by atoms with van der Waals surface area (Å²) in [5.41, 5.74) is 2.67. The zero-order valence-electron chi connectivity index (χ0n) is 22.7. The van der Waals surface area contributed by atoms with Crippen LogP contribution in [0.4, 0.5) is 24.5 Å². The highest BCUT2D eigenvalue weighted by atomic mass is 32.2. The van der Waals surface area contributed by atoms with Crippen LogP contribution in [-0.2, 0) is 11.3 Å². The molecule has 2 aliphatic rings. The average molecular weight is 572 g/mol. The Morgan fingerprint density at radius 1 is 1.02 bits per heavy atom. The molecule has 5 rings (SSSR count). The Bertz CT molecular complexity index is 1320. The lowest BCUT2D eigenvalue weighted by Crippen LogP contribution is -2.46. The third-order valence-corrected chi connectivity index (χ3v) is 8.26. The van der Waals surface area contributed by atoms with Gasteiger partial charge in [-0.1, -0.05) is 12.0 Å². The second-order valence-electron chi connectivity index (χ2n) is 10.3. The zero-order chi connectivity index (χ0) is 28.0. The zero-order valence-corrected chi connectivity index (χ0v) is 23.5. The van der Waals surface area contributed by atoms with E-state index >= 15 is 0 Å². The largest absolute Gasteiger partial charge is 0.406 e. The number of anilines is 2.